The van der Waals surface area contributed by atoms with Gasteiger partial charge in [0.1, 0.15) is 0 Å². The van der Waals surface area contributed by atoms with Crippen LogP contribution in [0.15, 0.2) is 42.6 Å². The van der Waals surface area contributed by atoms with Crippen LogP contribution in [0.4, 0.5) is 0 Å². The van der Waals surface area contributed by atoms with E-state index in [0.717, 1.165) is 40.3 Å². The van der Waals surface area contributed by atoms with E-state index in [4.69, 9.17) is 16.6 Å². The van der Waals surface area contributed by atoms with E-state index in [2.05, 4.69) is 53.9 Å². The Kier molecular flexibility index (Phi) is 4.07. The average Bonchev–Trinajstić information content (AvgIpc) is 3.21. The van der Waals surface area contributed by atoms with Gasteiger partial charge >= 0.3 is 0 Å². The summed E-state index contributed by atoms with van der Waals surface area (Å²) in [6.45, 7) is 3.99. The van der Waals surface area contributed by atoms with Gasteiger partial charge in [0.25, 0.3) is 0 Å². The summed E-state index contributed by atoms with van der Waals surface area (Å²) in [7, 11) is 2.12. The fraction of sp³-hybridized carbons (Fsp3) is 0.350. The molecule has 1 unspecified atom stereocenters. The molecular formula is C20H22ClN3. The van der Waals surface area contributed by atoms with Crippen LogP contribution in [0.2, 0.25) is 5.02 Å². The molecule has 1 aliphatic heterocycles. The van der Waals surface area contributed by atoms with Gasteiger partial charge in [-0.15, -0.1) is 0 Å². The average molecular weight is 340 g/mol. The van der Waals surface area contributed by atoms with Crippen LogP contribution < -0.4 is 0 Å². The number of pyridine rings is 1. The molecule has 1 aliphatic rings. The topological polar surface area (TPSA) is 21.1 Å². The molecular weight excluding hydrogens is 318 g/mol. The summed E-state index contributed by atoms with van der Waals surface area (Å²) in [5.74, 6) is 0. The fourth-order valence-corrected chi connectivity index (χ4v) is 4.09. The second-order valence-electron chi connectivity index (χ2n) is 6.69. The SMILES string of the molecule is Cc1c(Cl)c(CN2CCCC2c2cccn2C)nc2ccccc12. The molecule has 3 aromatic rings. The number of aromatic nitrogens is 2. The van der Waals surface area contributed by atoms with Crippen molar-refractivity contribution in [3.05, 3.63) is 64.6 Å². The molecule has 4 rings (SSSR count). The van der Waals surface area contributed by atoms with Crippen LogP contribution in [-0.2, 0) is 13.6 Å². The number of hydrogen-bond acceptors (Lipinski definition) is 2. The van der Waals surface area contributed by atoms with Gasteiger partial charge < -0.3 is 4.57 Å². The predicted molar refractivity (Wildman–Crippen MR) is 99.3 cm³/mol. The van der Waals surface area contributed by atoms with E-state index < -0.39 is 0 Å². The lowest BCUT2D eigenvalue weighted by atomic mass is 10.1. The maximum absolute atomic E-state index is 6.66. The Bertz CT molecular complexity index is 884. The molecule has 3 heterocycles. The standard InChI is InChI=1S/C20H22ClN3/c1-14-15-7-3-4-8-16(15)22-17(20(14)21)13-24-12-6-10-19(24)18-9-5-11-23(18)2/h3-5,7-9,11,19H,6,10,12-13H2,1-2H3. The zero-order chi connectivity index (χ0) is 16.7. The lowest BCUT2D eigenvalue weighted by Gasteiger charge is -2.25. The number of fused-ring (bicyclic) bond motifs is 1. The summed E-state index contributed by atoms with van der Waals surface area (Å²) in [6.07, 6.45) is 4.54. The third kappa shape index (κ3) is 2.62. The Labute approximate surface area is 147 Å². The van der Waals surface area contributed by atoms with Crippen molar-refractivity contribution in [2.24, 2.45) is 7.05 Å². The first-order valence-electron chi connectivity index (χ1n) is 8.54. The van der Waals surface area contributed by atoms with Gasteiger partial charge in [-0.3, -0.25) is 4.90 Å². The van der Waals surface area contributed by atoms with Gasteiger partial charge in [0, 0.05) is 30.9 Å². The summed E-state index contributed by atoms with van der Waals surface area (Å²) < 4.78 is 2.23. The largest absolute Gasteiger partial charge is 0.353 e. The molecule has 1 atom stereocenters. The summed E-state index contributed by atoms with van der Waals surface area (Å²) in [5.41, 5.74) is 4.53. The van der Waals surface area contributed by atoms with E-state index in [1.807, 2.05) is 12.1 Å². The molecule has 1 fully saturated rings. The molecule has 0 saturated carbocycles. The summed E-state index contributed by atoms with van der Waals surface area (Å²) in [6, 6.07) is 13.0. The van der Waals surface area contributed by atoms with Crippen LogP contribution in [0.3, 0.4) is 0 Å². The van der Waals surface area contributed by atoms with Gasteiger partial charge in [-0.1, -0.05) is 29.8 Å². The monoisotopic (exact) mass is 339 g/mol. The van der Waals surface area contributed by atoms with Gasteiger partial charge in [-0.2, -0.15) is 0 Å². The van der Waals surface area contributed by atoms with Crippen molar-refractivity contribution in [3.63, 3.8) is 0 Å². The fourth-order valence-electron chi connectivity index (χ4n) is 3.89. The van der Waals surface area contributed by atoms with Gasteiger partial charge in [-0.25, -0.2) is 4.98 Å². The summed E-state index contributed by atoms with van der Waals surface area (Å²) in [4.78, 5) is 7.37. The van der Waals surface area contributed by atoms with Crippen molar-refractivity contribution in [1.29, 1.82) is 0 Å². The Hall–Kier alpha value is -1.84. The minimum absolute atomic E-state index is 0.453. The normalized spacial score (nSPS) is 18.5. The van der Waals surface area contributed by atoms with Crippen molar-refractivity contribution < 1.29 is 0 Å². The quantitative estimate of drug-likeness (QED) is 0.678. The molecule has 0 radical (unpaired) electrons. The smallest absolute Gasteiger partial charge is 0.0740 e. The molecule has 0 amide bonds. The summed E-state index contributed by atoms with van der Waals surface area (Å²) >= 11 is 6.66. The number of hydrogen-bond donors (Lipinski definition) is 0. The van der Waals surface area contributed by atoms with Gasteiger partial charge in [0.2, 0.25) is 0 Å². The predicted octanol–water partition coefficient (Wildman–Crippen LogP) is 4.87. The first kappa shape index (κ1) is 15.7. The zero-order valence-corrected chi connectivity index (χ0v) is 14.9. The maximum atomic E-state index is 6.66. The molecule has 1 saturated heterocycles. The van der Waals surface area contributed by atoms with Crippen molar-refractivity contribution in [1.82, 2.24) is 14.5 Å². The molecule has 4 heteroatoms. The molecule has 2 aromatic heterocycles. The van der Waals surface area contributed by atoms with Gasteiger partial charge in [0.15, 0.2) is 0 Å². The molecule has 3 nitrogen and oxygen atoms in total. The number of halogens is 1. The van der Waals surface area contributed by atoms with Crippen molar-refractivity contribution >= 4 is 22.5 Å². The highest BCUT2D eigenvalue weighted by Gasteiger charge is 2.28. The van der Waals surface area contributed by atoms with Crippen LogP contribution in [0.1, 0.15) is 35.8 Å². The molecule has 0 aliphatic carbocycles. The first-order valence-corrected chi connectivity index (χ1v) is 8.92. The molecule has 0 bridgehead atoms. The van der Waals surface area contributed by atoms with E-state index in [9.17, 15) is 0 Å². The maximum Gasteiger partial charge on any atom is 0.0740 e. The molecule has 24 heavy (non-hydrogen) atoms. The van der Waals surface area contributed by atoms with Crippen LogP contribution >= 0.6 is 11.6 Å². The highest BCUT2D eigenvalue weighted by Crippen LogP contribution is 2.35. The van der Waals surface area contributed by atoms with E-state index in [1.165, 1.54) is 18.5 Å². The molecule has 0 spiro atoms. The van der Waals surface area contributed by atoms with Crippen LogP contribution in [0.5, 0.6) is 0 Å². The Morgan fingerprint density at radius 3 is 2.83 bits per heavy atom. The number of likely N-dealkylation sites (tertiary alicyclic amines) is 1. The highest BCUT2D eigenvalue weighted by atomic mass is 35.5. The molecule has 0 N–H and O–H groups in total. The van der Waals surface area contributed by atoms with E-state index in [1.54, 1.807) is 0 Å². The van der Waals surface area contributed by atoms with Crippen LogP contribution in [-0.4, -0.2) is 21.0 Å². The second-order valence-corrected chi connectivity index (χ2v) is 7.07. The Balaban J connectivity index is 1.69. The van der Waals surface area contributed by atoms with Crippen LogP contribution in [0.25, 0.3) is 10.9 Å². The Morgan fingerprint density at radius 2 is 2.04 bits per heavy atom. The van der Waals surface area contributed by atoms with Crippen LogP contribution in [0, 0.1) is 6.92 Å². The van der Waals surface area contributed by atoms with Gasteiger partial charge in [0.05, 0.1) is 22.3 Å². The Morgan fingerprint density at radius 1 is 1.21 bits per heavy atom. The number of para-hydroxylation sites is 1. The van der Waals surface area contributed by atoms with Crippen molar-refractivity contribution in [2.75, 3.05) is 6.54 Å². The number of nitrogens with zero attached hydrogens (tertiary/aromatic N) is 3. The van der Waals surface area contributed by atoms with Crippen molar-refractivity contribution in [2.45, 2.75) is 32.4 Å². The first-order chi connectivity index (χ1) is 11.6. The van der Waals surface area contributed by atoms with Gasteiger partial charge in [-0.05, 0) is 50.1 Å². The molecule has 1 aromatic carbocycles. The lowest BCUT2D eigenvalue weighted by Crippen LogP contribution is -2.25. The summed E-state index contributed by atoms with van der Waals surface area (Å²) in [5, 5.41) is 1.96. The number of aryl methyl sites for hydroxylation is 2. The minimum Gasteiger partial charge on any atom is -0.353 e. The minimum atomic E-state index is 0.453. The van der Waals surface area contributed by atoms with E-state index >= 15 is 0 Å². The third-order valence-corrected chi connectivity index (χ3v) is 5.69. The number of benzene rings is 1. The highest BCUT2D eigenvalue weighted by molar-refractivity contribution is 6.32. The third-order valence-electron chi connectivity index (χ3n) is 5.19. The number of rotatable bonds is 3. The second kappa shape index (κ2) is 6.23. The van der Waals surface area contributed by atoms with Crippen molar-refractivity contribution in [3.8, 4) is 0 Å². The molecule has 124 valence electrons. The lowest BCUT2D eigenvalue weighted by molar-refractivity contribution is 0.238. The van der Waals surface area contributed by atoms with E-state index in [-0.39, 0.29) is 0 Å². The zero-order valence-electron chi connectivity index (χ0n) is 14.2. The van der Waals surface area contributed by atoms with E-state index in [0.29, 0.717) is 6.04 Å².